The zero-order chi connectivity index (χ0) is 12.4. The number of nitrogens with zero attached hydrogens (tertiary/aromatic N) is 1. The molecule has 0 spiro atoms. The van der Waals surface area contributed by atoms with Crippen LogP contribution in [0.2, 0.25) is 0 Å². The van der Waals surface area contributed by atoms with E-state index in [0.29, 0.717) is 18.0 Å². The van der Waals surface area contributed by atoms with Gasteiger partial charge < -0.3 is 10.6 Å². The van der Waals surface area contributed by atoms with E-state index in [1.165, 1.54) is 16.9 Å². The third kappa shape index (κ3) is 2.84. The maximum absolute atomic E-state index is 12.1. The van der Waals surface area contributed by atoms with Crippen LogP contribution in [0.4, 0.5) is 0 Å². The Labute approximate surface area is 111 Å². The first kappa shape index (κ1) is 12.5. The summed E-state index contributed by atoms with van der Waals surface area (Å²) in [4.78, 5) is 16.5. The quantitative estimate of drug-likeness (QED) is 0.849. The van der Waals surface area contributed by atoms with E-state index in [1.54, 1.807) is 23.3 Å². The smallest absolute Gasteiger partial charge is 0.263 e. The molecule has 1 aromatic rings. The molecule has 1 heterocycles. The number of fused-ring (bicyclic) bond motifs is 1. The van der Waals surface area contributed by atoms with Crippen LogP contribution in [-0.4, -0.2) is 29.4 Å². The van der Waals surface area contributed by atoms with Crippen molar-refractivity contribution < 1.29 is 4.79 Å². The van der Waals surface area contributed by atoms with Gasteiger partial charge in [0.25, 0.3) is 5.91 Å². The summed E-state index contributed by atoms with van der Waals surface area (Å²) in [6.45, 7) is 0.594. The van der Waals surface area contributed by atoms with Crippen molar-refractivity contribution in [3.63, 3.8) is 0 Å². The van der Waals surface area contributed by atoms with Gasteiger partial charge in [-0.3, -0.25) is 4.79 Å². The number of aryl methyl sites for hydroxylation is 2. The molecule has 0 aromatic carbocycles. The molecule has 5 heteroatoms. The first-order chi connectivity index (χ1) is 8.08. The second-order valence-electron chi connectivity index (χ2n) is 4.36. The molecule has 0 atom stereocenters. The van der Waals surface area contributed by atoms with Crippen molar-refractivity contribution in [2.45, 2.75) is 25.7 Å². The van der Waals surface area contributed by atoms with Crippen LogP contribution in [0.5, 0.6) is 0 Å². The number of thiophene rings is 1. The number of amides is 1. The predicted octanol–water partition coefficient (Wildman–Crippen LogP) is 1.99. The fourth-order valence-corrected chi connectivity index (χ4v) is 3.34. The average molecular weight is 268 g/mol. The highest BCUT2D eigenvalue weighted by Gasteiger charge is 2.20. The van der Waals surface area contributed by atoms with E-state index in [0.717, 1.165) is 17.7 Å². The molecule has 92 valence electrons. The molecule has 0 saturated heterocycles. The lowest BCUT2D eigenvalue weighted by molar-refractivity contribution is 0.0803. The Bertz CT molecular complexity index is 432. The van der Waals surface area contributed by atoms with Crippen molar-refractivity contribution in [2.24, 2.45) is 5.73 Å². The van der Waals surface area contributed by atoms with Gasteiger partial charge in [0.1, 0.15) is 0 Å². The largest absolute Gasteiger partial charge is 0.393 e. The van der Waals surface area contributed by atoms with E-state index in [2.05, 4.69) is 0 Å². The van der Waals surface area contributed by atoms with Gasteiger partial charge in [0.05, 0.1) is 9.87 Å². The molecular formula is C12H16N2OS2. The van der Waals surface area contributed by atoms with Gasteiger partial charge in [-0.1, -0.05) is 12.2 Å². The number of thiocarbonyl (C=S) groups is 1. The van der Waals surface area contributed by atoms with Crippen molar-refractivity contribution in [3.8, 4) is 0 Å². The highest BCUT2D eigenvalue weighted by molar-refractivity contribution is 7.80. The van der Waals surface area contributed by atoms with Crippen LogP contribution in [0, 0.1) is 0 Å². The zero-order valence-corrected chi connectivity index (χ0v) is 11.5. The Balaban J connectivity index is 2.01. The van der Waals surface area contributed by atoms with Crippen molar-refractivity contribution in [2.75, 3.05) is 13.6 Å². The lowest BCUT2D eigenvalue weighted by Crippen LogP contribution is -2.29. The van der Waals surface area contributed by atoms with E-state index >= 15 is 0 Å². The number of hydrogen-bond acceptors (Lipinski definition) is 3. The van der Waals surface area contributed by atoms with Crippen molar-refractivity contribution in [1.29, 1.82) is 0 Å². The van der Waals surface area contributed by atoms with Gasteiger partial charge in [-0.2, -0.15) is 0 Å². The molecule has 17 heavy (non-hydrogen) atoms. The number of hydrogen-bond donors (Lipinski definition) is 1. The minimum absolute atomic E-state index is 0.0839. The number of nitrogens with two attached hydrogens (primary N) is 1. The van der Waals surface area contributed by atoms with Gasteiger partial charge >= 0.3 is 0 Å². The maximum Gasteiger partial charge on any atom is 0.263 e. The highest BCUT2D eigenvalue weighted by Crippen LogP contribution is 2.31. The van der Waals surface area contributed by atoms with Crippen LogP contribution in [0.25, 0.3) is 0 Å². The maximum atomic E-state index is 12.1. The van der Waals surface area contributed by atoms with E-state index in [1.807, 2.05) is 6.07 Å². The Morgan fingerprint density at radius 3 is 3.00 bits per heavy atom. The summed E-state index contributed by atoms with van der Waals surface area (Å²) < 4.78 is 0. The van der Waals surface area contributed by atoms with E-state index in [-0.39, 0.29) is 5.91 Å². The molecule has 2 rings (SSSR count). The predicted molar refractivity (Wildman–Crippen MR) is 74.7 cm³/mol. The minimum Gasteiger partial charge on any atom is -0.393 e. The normalized spacial score (nSPS) is 13.5. The van der Waals surface area contributed by atoms with Crippen molar-refractivity contribution >= 4 is 34.5 Å². The summed E-state index contributed by atoms with van der Waals surface area (Å²) in [5.74, 6) is 0.0839. The molecule has 1 aliphatic rings. The molecule has 0 aliphatic heterocycles. The lowest BCUT2D eigenvalue weighted by atomic mass is 10.2. The monoisotopic (exact) mass is 268 g/mol. The standard InChI is InChI=1S/C12H16N2OS2/c1-14(6-5-11(13)16)12(15)10-7-8-3-2-4-9(8)17-10/h7H,2-6H2,1H3,(H2,13,16). The summed E-state index contributed by atoms with van der Waals surface area (Å²) in [7, 11) is 1.80. The van der Waals surface area contributed by atoms with Crippen molar-refractivity contribution in [3.05, 3.63) is 21.4 Å². The molecule has 1 aromatic heterocycles. The van der Waals surface area contributed by atoms with Crippen LogP contribution in [0.3, 0.4) is 0 Å². The minimum atomic E-state index is 0.0839. The third-order valence-corrected chi connectivity index (χ3v) is 4.43. The van der Waals surface area contributed by atoms with Gasteiger partial charge in [0.2, 0.25) is 0 Å². The van der Waals surface area contributed by atoms with Crippen molar-refractivity contribution in [1.82, 2.24) is 4.90 Å². The SMILES string of the molecule is CN(CCC(N)=S)C(=O)c1cc2c(s1)CCC2. The highest BCUT2D eigenvalue weighted by atomic mass is 32.1. The van der Waals surface area contributed by atoms with Crippen LogP contribution < -0.4 is 5.73 Å². The zero-order valence-electron chi connectivity index (χ0n) is 9.86. The Hall–Kier alpha value is -0.940. The molecule has 0 fully saturated rings. The molecular weight excluding hydrogens is 252 g/mol. The molecule has 0 unspecified atom stereocenters. The molecule has 0 radical (unpaired) electrons. The third-order valence-electron chi connectivity index (χ3n) is 3.00. The van der Waals surface area contributed by atoms with Crippen LogP contribution >= 0.6 is 23.6 Å². The van der Waals surface area contributed by atoms with Gasteiger partial charge in [-0.15, -0.1) is 11.3 Å². The van der Waals surface area contributed by atoms with E-state index in [9.17, 15) is 4.79 Å². The first-order valence-corrected chi connectivity index (χ1v) is 6.95. The summed E-state index contributed by atoms with van der Waals surface area (Å²) >= 11 is 6.45. The topological polar surface area (TPSA) is 46.3 Å². The fourth-order valence-electron chi connectivity index (χ4n) is 2.00. The number of carbonyl (C=O) groups excluding carboxylic acids is 1. The summed E-state index contributed by atoms with van der Waals surface area (Å²) in [6, 6.07) is 2.05. The average Bonchev–Trinajstić information content (AvgIpc) is 2.84. The first-order valence-electron chi connectivity index (χ1n) is 5.73. The number of carbonyl (C=O) groups is 1. The Kier molecular flexibility index (Phi) is 3.79. The lowest BCUT2D eigenvalue weighted by Gasteiger charge is -2.15. The number of rotatable bonds is 4. The summed E-state index contributed by atoms with van der Waals surface area (Å²) in [6.07, 6.45) is 4.06. The van der Waals surface area contributed by atoms with Gasteiger partial charge in [-0.05, 0) is 30.9 Å². The van der Waals surface area contributed by atoms with Gasteiger partial charge in [0, 0.05) is 24.9 Å². The van der Waals surface area contributed by atoms with Gasteiger partial charge in [-0.25, -0.2) is 0 Å². The molecule has 3 nitrogen and oxygen atoms in total. The summed E-state index contributed by atoms with van der Waals surface area (Å²) in [5.41, 5.74) is 6.80. The fraction of sp³-hybridized carbons (Fsp3) is 0.500. The second kappa shape index (κ2) is 5.14. The summed E-state index contributed by atoms with van der Waals surface area (Å²) in [5, 5.41) is 0. The Morgan fingerprint density at radius 1 is 1.59 bits per heavy atom. The molecule has 2 N–H and O–H groups in total. The molecule has 1 aliphatic carbocycles. The molecule has 1 amide bonds. The molecule has 0 bridgehead atoms. The second-order valence-corrected chi connectivity index (χ2v) is 6.02. The van der Waals surface area contributed by atoms with E-state index in [4.69, 9.17) is 18.0 Å². The van der Waals surface area contributed by atoms with Crippen LogP contribution in [0.1, 0.15) is 33.0 Å². The van der Waals surface area contributed by atoms with E-state index < -0.39 is 0 Å². The van der Waals surface area contributed by atoms with Crippen LogP contribution in [0.15, 0.2) is 6.07 Å². The van der Waals surface area contributed by atoms with Crippen LogP contribution in [-0.2, 0) is 12.8 Å². The van der Waals surface area contributed by atoms with Gasteiger partial charge in [0.15, 0.2) is 0 Å². The Morgan fingerprint density at radius 2 is 2.35 bits per heavy atom. The molecule has 0 saturated carbocycles.